The lowest BCUT2D eigenvalue weighted by Crippen LogP contribution is -2.55. The maximum Gasteiger partial charge on any atom is 0.306 e. The van der Waals surface area contributed by atoms with Gasteiger partial charge in [0, 0.05) is 19.3 Å². The first-order valence-corrected chi connectivity index (χ1v) is 24.8. The molecule has 0 bridgehead atoms. The first-order valence-electron chi connectivity index (χ1n) is 24.8. The number of carbonyl (C=O) groups excluding carboxylic acids is 3. The molecule has 0 aromatic carbocycles. The number of rotatable bonds is 44. The number of quaternary nitrogens is 1. The van der Waals surface area contributed by atoms with Gasteiger partial charge in [-0.25, -0.2) is 0 Å². The fourth-order valence-electron chi connectivity index (χ4n) is 7.06. The van der Waals surface area contributed by atoms with Crippen LogP contribution in [-0.2, 0) is 28.6 Å². The van der Waals surface area contributed by atoms with Gasteiger partial charge in [0.15, 0.2) is 6.10 Å². The highest BCUT2D eigenvalue weighted by Crippen LogP contribution is 2.14. The zero-order valence-electron chi connectivity index (χ0n) is 40.1. The van der Waals surface area contributed by atoms with Crippen LogP contribution in [0, 0.1) is 0 Å². The van der Waals surface area contributed by atoms with Crippen LogP contribution in [0.1, 0.15) is 206 Å². The van der Waals surface area contributed by atoms with Gasteiger partial charge in [0.05, 0.1) is 40.3 Å². The second-order valence-corrected chi connectivity index (χ2v) is 17.7. The standard InChI is InChI=1S/C53H93NO7/c1-6-8-10-12-14-16-18-20-22-23-24-25-26-27-28-29-30-32-33-35-37-39-41-43-51(55)60-48-49(47-59-46-45-50(53(57)58)54(3,4)5)61-52(56)44-42-40-38-36-34-31-21-19-17-15-13-11-9-7-2/h8,10,14,16,20,22,24-25,31,34,49-50H,6-7,9,11-13,15,17-19,21,23,26-30,32-33,35-48H2,1-5H3/b10-8+,16-14+,22-20+,25-24+,34-31+. The van der Waals surface area contributed by atoms with E-state index in [1.807, 2.05) is 0 Å². The van der Waals surface area contributed by atoms with Gasteiger partial charge in [0.2, 0.25) is 0 Å². The number of nitrogens with zero attached hydrogens (tertiary/aromatic N) is 1. The van der Waals surface area contributed by atoms with Gasteiger partial charge in [-0.2, -0.15) is 0 Å². The Morgan fingerprint density at radius 1 is 0.508 bits per heavy atom. The van der Waals surface area contributed by atoms with Crippen molar-refractivity contribution in [2.75, 3.05) is 41.0 Å². The molecule has 0 aromatic heterocycles. The number of hydrogen-bond donors (Lipinski definition) is 0. The Labute approximate surface area is 375 Å². The summed E-state index contributed by atoms with van der Waals surface area (Å²) in [6.45, 7) is 4.53. The Balaban J connectivity index is 4.24. The number of aliphatic carboxylic acids is 1. The molecular weight excluding hydrogens is 763 g/mol. The van der Waals surface area contributed by atoms with Gasteiger partial charge in [-0.15, -0.1) is 0 Å². The van der Waals surface area contributed by atoms with E-state index < -0.39 is 18.1 Å². The van der Waals surface area contributed by atoms with E-state index in [4.69, 9.17) is 14.2 Å². The molecule has 0 saturated carbocycles. The third-order valence-corrected chi connectivity index (χ3v) is 10.9. The van der Waals surface area contributed by atoms with Gasteiger partial charge in [0.25, 0.3) is 0 Å². The number of esters is 2. The molecule has 0 amide bonds. The lowest BCUT2D eigenvalue weighted by atomic mass is 10.1. The summed E-state index contributed by atoms with van der Waals surface area (Å²) in [5.41, 5.74) is 0. The molecule has 8 heteroatoms. The minimum atomic E-state index is -1.13. The minimum absolute atomic E-state index is 0.0325. The fourth-order valence-corrected chi connectivity index (χ4v) is 7.06. The molecule has 0 saturated heterocycles. The summed E-state index contributed by atoms with van der Waals surface area (Å²) in [6, 6.07) is -0.730. The number of carbonyl (C=O) groups is 3. The molecule has 2 unspecified atom stereocenters. The molecule has 61 heavy (non-hydrogen) atoms. The lowest BCUT2D eigenvalue weighted by Gasteiger charge is -2.34. The van der Waals surface area contributed by atoms with Crippen LogP contribution in [0.5, 0.6) is 0 Å². The number of likely N-dealkylation sites (N-methyl/N-ethyl adjacent to an activating group) is 1. The van der Waals surface area contributed by atoms with Crippen LogP contribution in [-0.4, -0.2) is 75.5 Å². The number of carboxylic acids is 1. The predicted molar refractivity (Wildman–Crippen MR) is 254 cm³/mol. The van der Waals surface area contributed by atoms with Crippen LogP contribution in [0.4, 0.5) is 0 Å². The molecule has 0 aliphatic rings. The zero-order valence-corrected chi connectivity index (χ0v) is 40.1. The predicted octanol–water partition coefficient (Wildman–Crippen LogP) is 12.8. The van der Waals surface area contributed by atoms with E-state index in [0.717, 1.165) is 77.0 Å². The molecule has 8 nitrogen and oxygen atoms in total. The molecule has 0 rings (SSSR count). The summed E-state index contributed by atoms with van der Waals surface area (Å²) in [4.78, 5) is 37.0. The van der Waals surface area contributed by atoms with Crippen LogP contribution in [0.15, 0.2) is 60.8 Å². The summed E-state index contributed by atoms with van der Waals surface area (Å²) >= 11 is 0. The van der Waals surface area contributed by atoms with Crippen molar-refractivity contribution in [3.8, 4) is 0 Å². The quantitative estimate of drug-likeness (QED) is 0.0260. The summed E-state index contributed by atoms with van der Waals surface area (Å²) in [7, 11) is 5.40. The van der Waals surface area contributed by atoms with E-state index in [0.29, 0.717) is 12.8 Å². The Morgan fingerprint density at radius 3 is 1.39 bits per heavy atom. The molecular formula is C53H93NO7. The van der Waals surface area contributed by atoms with Gasteiger partial charge >= 0.3 is 11.9 Å². The molecule has 0 aliphatic carbocycles. The molecule has 0 aromatic rings. The second-order valence-electron chi connectivity index (χ2n) is 17.7. The van der Waals surface area contributed by atoms with Crippen molar-refractivity contribution >= 4 is 17.9 Å². The number of carboxylic acid groups (broad SMARTS) is 1. The molecule has 0 radical (unpaired) electrons. The zero-order chi connectivity index (χ0) is 44.9. The number of ether oxygens (including phenoxy) is 3. The van der Waals surface area contributed by atoms with Crippen LogP contribution < -0.4 is 5.11 Å². The SMILES string of the molecule is CC/C=C/C/C=C/C/C=C/C/C=C/CCCCCCCCCCCCC(=O)OCC(COCCC(C(=O)[O-])[N+](C)(C)C)OC(=O)CCCCC/C=C/CCCCCCCCC. The molecule has 2 atom stereocenters. The monoisotopic (exact) mass is 856 g/mol. The van der Waals surface area contributed by atoms with E-state index in [1.165, 1.54) is 96.3 Å². The number of allylic oxidation sites excluding steroid dienone is 10. The largest absolute Gasteiger partial charge is 0.544 e. The normalized spacial score (nSPS) is 13.4. The maximum absolute atomic E-state index is 12.7. The smallest absolute Gasteiger partial charge is 0.306 e. The molecule has 0 aliphatic heterocycles. The third-order valence-electron chi connectivity index (χ3n) is 10.9. The van der Waals surface area contributed by atoms with E-state index >= 15 is 0 Å². The average molecular weight is 856 g/mol. The summed E-state index contributed by atoms with van der Waals surface area (Å²) in [5, 5.41) is 11.6. The molecule has 0 spiro atoms. The first kappa shape index (κ1) is 58.0. The third kappa shape index (κ3) is 42.1. The average Bonchev–Trinajstić information content (AvgIpc) is 3.22. The summed E-state index contributed by atoms with van der Waals surface area (Å²) in [6.07, 6.45) is 53.9. The van der Waals surface area contributed by atoms with Crippen molar-refractivity contribution in [1.82, 2.24) is 0 Å². The molecule has 0 N–H and O–H groups in total. The highest BCUT2D eigenvalue weighted by Gasteiger charge is 2.25. The second kappa shape index (κ2) is 43.7. The highest BCUT2D eigenvalue weighted by molar-refractivity contribution is 5.70. The van der Waals surface area contributed by atoms with Crippen molar-refractivity contribution in [3.05, 3.63) is 60.8 Å². The number of unbranched alkanes of at least 4 members (excludes halogenated alkanes) is 20. The van der Waals surface area contributed by atoms with Crippen LogP contribution >= 0.6 is 0 Å². The van der Waals surface area contributed by atoms with Gasteiger partial charge in [-0.1, -0.05) is 171 Å². The minimum Gasteiger partial charge on any atom is -0.544 e. The van der Waals surface area contributed by atoms with Crippen LogP contribution in [0.25, 0.3) is 0 Å². The van der Waals surface area contributed by atoms with Crippen molar-refractivity contribution < 1.29 is 38.2 Å². The fraction of sp³-hybridized carbons (Fsp3) is 0.755. The Morgan fingerprint density at radius 2 is 0.918 bits per heavy atom. The van der Waals surface area contributed by atoms with E-state index in [2.05, 4.69) is 74.6 Å². The summed E-state index contributed by atoms with van der Waals surface area (Å²) < 4.78 is 17.2. The van der Waals surface area contributed by atoms with E-state index in [-0.39, 0.29) is 42.7 Å². The van der Waals surface area contributed by atoms with Gasteiger partial charge in [0.1, 0.15) is 12.6 Å². The van der Waals surface area contributed by atoms with Crippen molar-refractivity contribution in [2.24, 2.45) is 0 Å². The molecule has 352 valence electrons. The highest BCUT2D eigenvalue weighted by atomic mass is 16.6. The van der Waals surface area contributed by atoms with Crippen molar-refractivity contribution in [2.45, 2.75) is 219 Å². The van der Waals surface area contributed by atoms with E-state index in [1.54, 1.807) is 21.1 Å². The van der Waals surface area contributed by atoms with Crippen LogP contribution in [0.3, 0.4) is 0 Å². The Bertz CT molecular complexity index is 1180. The van der Waals surface area contributed by atoms with Crippen molar-refractivity contribution in [3.63, 3.8) is 0 Å². The molecule has 0 heterocycles. The lowest BCUT2D eigenvalue weighted by molar-refractivity contribution is -0.889. The van der Waals surface area contributed by atoms with Crippen molar-refractivity contribution in [1.29, 1.82) is 0 Å². The summed E-state index contributed by atoms with van der Waals surface area (Å²) in [5.74, 6) is -1.76. The van der Waals surface area contributed by atoms with Crippen LogP contribution in [0.2, 0.25) is 0 Å². The van der Waals surface area contributed by atoms with Gasteiger partial charge in [-0.3, -0.25) is 9.59 Å². The number of hydrogen-bond acceptors (Lipinski definition) is 7. The van der Waals surface area contributed by atoms with Gasteiger partial charge in [-0.05, 0) is 77.0 Å². The molecule has 0 fully saturated rings. The first-order chi connectivity index (χ1) is 29.6. The topological polar surface area (TPSA) is 102 Å². The van der Waals surface area contributed by atoms with Gasteiger partial charge < -0.3 is 28.6 Å². The Kier molecular flexibility index (Phi) is 41.5. The Hall–Kier alpha value is -2.97. The van der Waals surface area contributed by atoms with E-state index in [9.17, 15) is 19.5 Å². The maximum atomic E-state index is 12.7.